The first kappa shape index (κ1) is 30.3. The highest BCUT2D eigenvalue weighted by molar-refractivity contribution is 6.34. The van der Waals surface area contributed by atoms with Crippen LogP contribution in [0.2, 0.25) is 5.02 Å². The van der Waals surface area contributed by atoms with Crippen molar-refractivity contribution in [3.8, 4) is 0 Å². The third-order valence-corrected chi connectivity index (χ3v) is 7.39. The Morgan fingerprint density at radius 2 is 1.79 bits per heavy atom. The van der Waals surface area contributed by atoms with Crippen molar-refractivity contribution in [1.29, 1.82) is 0 Å². The van der Waals surface area contributed by atoms with E-state index in [0.29, 0.717) is 27.9 Å². The third kappa shape index (κ3) is 7.64. The Labute approximate surface area is 252 Å². The number of amides is 1. The molecule has 1 aliphatic heterocycles. The third-order valence-electron chi connectivity index (χ3n) is 7.07. The molecule has 226 valence electrons. The molecule has 13 heteroatoms. The molecular formula is C30H31ClF3N7O2. The van der Waals surface area contributed by atoms with Crippen LogP contribution in [0.4, 0.5) is 42.1 Å². The number of nitrogens with zero attached hydrogens (tertiary/aromatic N) is 4. The van der Waals surface area contributed by atoms with Crippen molar-refractivity contribution in [2.75, 3.05) is 49.2 Å². The van der Waals surface area contributed by atoms with Crippen LogP contribution in [-0.2, 0) is 12.7 Å². The monoisotopic (exact) mass is 613 g/mol. The van der Waals surface area contributed by atoms with Crippen molar-refractivity contribution >= 4 is 46.4 Å². The summed E-state index contributed by atoms with van der Waals surface area (Å²) in [5.74, 6) is -0.266. The molecule has 4 aromatic rings. The van der Waals surface area contributed by atoms with Crippen molar-refractivity contribution in [2.24, 2.45) is 0 Å². The fraction of sp³-hybridized carbons (Fsp3) is 0.300. The van der Waals surface area contributed by atoms with Gasteiger partial charge in [0.25, 0.3) is 5.91 Å². The van der Waals surface area contributed by atoms with Crippen molar-refractivity contribution in [2.45, 2.75) is 26.6 Å². The van der Waals surface area contributed by atoms with E-state index in [2.05, 4.69) is 30.8 Å². The lowest BCUT2D eigenvalue weighted by Gasteiger charge is -2.33. The molecule has 1 fully saturated rings. The molecule has 1 amide bonds. The number of para-hydroxylation sites is 1. The molecule has 1 aliphatic rings. The lowest BCUT2D eigenvalue weighted by atomic mass is 10.0. The maximum absolute atomic E-state index is 14.0. The van der Waals surface area contributed by atoms with Crippen LogP contribution < -0.4 is 16.0 Å². The maximum Gasteiger partial charge on any atom is 0.416 e. The van der Waals surface area contributed by atoms with Crippen LogP contribution in [0.5, 0.6) is 0 Å². The summed E-state index contributed by atoms with van der Waals surface area (Å²) in [5, 5.41) is 9.06. The average Bonchev–Trinajstić information content (AvgIpc) is 3.40. The largest absolute Gasteiger partial charge is 0.418 e. The van der Waals surface area contributed by atoms with Gasteiger partial charge in [-0.25, -0.2) is 9.97 Å². The van der Waals surface area contributed by atoms with E-state index in [1.165, 1.54) is 12.3 Å². The number of nitrogens with one attached hydrogen (secondary N) is 3. The average molecular weight is 614 g/mol. The molecule has 0 radical (unpaired) electrons. The normalized spacial score (nSPS) is 14.5. The fourth-order valence-electron chi connectivity index (χ4n) is 4.79. The van der Waals surface area contributed by atoms with Crippen molar-refractivity contribution < 1.29 is 22.4 Å². The van der Waals surface area contributed by atoms with Gasteiger partial charge in [0.2, 0.25) is 5.76 Å². The lowest BCUT2D eigenvalue weighted by molar-refractivity contribution is -0.138. The van der Waals surface area contributed by atoms with Crippen LogP contribution in [0, 0.1) is 13.8 Å². The summed E-state index contributed by atoms with van der Waals surface area (Å²) in [6.07, 6.45) is -3.23. The van der Waals surface area contributed by atoms with Gasteiger partial charge in [-0.1, -0.05) is 29.8 Å². The predicted octanol–water partition coefficient (Wildman–Crippen LogP) is 6.85. The summed E-state index contributed by atoms with van der Waals surface area (Å²) in [7, 11) is 2.01. The summed E-state index contributed by atoms with van der Waals surface area (Å²) < 4.78 is 47.7. The molecule has 2 aromatic heterocycles. The molecule has 5 rings (SSSR count). The lowest BCUT2D eigenvalue weighted by Crippen LogP contribution is -2.44. The van der Waals surface area contributed by atoms with Crippen molar-refractivity contribution in [3.63, 3.8) is 0 Å². The molecule has 3 N–H and O–H groups in total. The fourth-order valence-corrected chi connectivity index (χ4v) is 5.06. The molecule has 9 nitrogen and oxygen atoms in total. The number of halogens is 4. The summed E-state index contributed by atoms with van der Waals surface area (Å²) in [6.45, 7) is 6.88. The van der Waals surface area contributed by atoms with Gasteiger partial charge in [-0.15, -0.1) is 0 Å². The van der Waals surface area contributed by atoms with Crippen LogP contribution in [0.15, 0.2) is 59.1 Å². The van der Waals surface area contributed by atoms with Crippen molar-refractivity contribution in [3.05, 3.63) is 87.9 Å². The molecule has 2 aromatic carbocycles. The quantitative estimate of drug-likeness (QED) is 0.199. The molecule has 3 heterocycles. The molecule has 0 aliphatic carbocycles. The number of pyridine rings is 1. The second-order valence-electron chi connectivity index (χ2n) is 10.5. The topological polar surface area (TPSA) is 98.6 Å². The summed E-state index contributed by atoms with van der Waals surface area (Å²) in [4.78, 5) is 25.4. The number of anilines is 5. The number of alkyl halides is 3. The first-order chi connectivity index (χ1) is 20.4. The minimum absolute atomic E-state index is 0.0118. The van der Waals surface area contributed by atoms with E-state index in [0.717, 1.165) is 37.8 Å². The molecule has 0 saturated carbocycles. The van der Waals surface area contributed by atoms with Gasteiger partial charge in [-0.2, -0.15) is 13.2 Å². The van der Waals surface area contributed by atoms with Gasteiger partial charge in [0, 0.05) is 55.9 Å². The van der Waals surface area contributed by atoms with E-state index in [4.69, 9.17) is 16.0 Å². The van der Waals surface area contributed by atoms with Gasteiger partial charge < -0.3 is 20.0 Å². The minimum Gasteiger partial charge on any atom is -0.418 e. The first-order valence-electron chi connectivity index (χ1n) is 13.6. The standard InChI is InChI=1S/C30H31ClF3N7O2/c1-18-5-4-6-24(31)27(18)39-28(42)25-16-35-29(43-25)38-26-15-22(13-19(2)36-26)37-21-8-7-20(23(14-21)30(32,33)34)17-41-11-9-40(3)10-12-41/h4-8,13-16H,9-12,17H2,1-3H3,(H,39,42)(H2,35,36,37,38). The summed E-state index contributed by atoms with van der Waals surface area (Å²) >= 11 is 6.20. The highest BCUT2D eigenvalue weighted by atomic mass is 35.5. The van der Waals surface area contributed by atoms with Crippen LogP contribution >= 0.6 is 11.6 Å². The Morgan fingerprint density at radius 1 is 1.02 bits per heavy atom. The molecule has 0 bridgehead atoms. The van der Waals surface area contributed by atoms with Crippen LogP contribution in [-0.4, -0.2) is 58.9 Å². The molecule has 0 atom stereocenters. The SMILES string of the molecule is Cc1cc(Nc2ccc(CN3CCN(C)CC3)c(C(F)(F)F)c2)cc(Nc2ncc(C(=O)Nc3c(C)cccc3Cl)o2)n1. The van der Waals surface area contributed by atoms with Crippen LogP contribution in [0.3, 0.4) is 0 Å². The Bertz CT molecular complexity index is 1600. The van der Waals surface area contributed by atoms with Gasteiger partial charge in [0.1, 0.15) is 5.82 Å². The maximum atomic E-state index is 14.0. The number of hydrogen-bond donors (Lipinski definition) is 3. The summed E-state index contributed by atoms with van der Waals surface area (Å²) in [5.41, 5.74) is 2.22. The van der Waals surface area contributed by atoms with Gasteiger partial charge in [0.15, 0.2) is 0 Å². The minimum atomic E-state index is -4.50. The molecule has 43 heavy (non-hydrogen) atoms. The number of likely N-dealkylation sites (N-methyl/N-ethyl adjacent to an activating group) is 1. The Balaban J connectivity index is 1.29. The molecule has 0 unspecified atom stereocenters. The Morgan fingerprint density at radius 3 is 2.51 bits per heavy atom. The number of carbonyl (C=O) groups is 1. The Kier molecular flexibility index (Phi) is 8.90. The predicted molar refractivity (Wildman–Crippen MR) is 160 cm³/mol. The number of oxazole rings is 1. The highest BCUT2D eigenvalue weighted by Gasteiger charge is 2.34. The molecular weight excluding hydrogens is 583 g/mol. The second-order valence-corrected chi connectivity index (χ2v) is 10.9. The van der Waals surface area contributed by atoms with E-state index in [9.17, 15) is 18.0 Å². The Hall–Kier alpha value is -4.13. The van der Waals surface area contributed by atoms with Gasteiger partial charge in [-0.05, 0) is 56.3 Å². The van der Waals surface area contributed by atoms with Crippen molar-refractivity contribution in [1.82, 2.24) is 19.8 Å². The van der Waals surface area contributed by atoms with E-state index in [-0.39, 0.29) is 29.6 Å². The molecule has 0 spiro atoms. The zero-order valence-corrected chi connectivity index (χ0v) is 24.6. The number of carbonyl (C=O) groups excluding carboxylic acids is 1. The number of rotatable bonds is 8. The number of piperazine rings is 1. The zero-order valence-electron chi connectivity index (χ0n) is 23.8. The summed E-state index contributed by atoms with van der Waals surface area (Å²) in [6, 6.07) is 12.9. The number of aryl methyl sites for hydroxylation is 2. The highest BCUT2D eigenvalue weighted by Crippen LogP contribution is 2.35. The van der Waals surface area contributed by atoms with E-state index < -0.39 is 17.6 Å². The van der Waals surface area contributed by atoms with Gasteiger partial charge in [0.05, 0.1) is 22.5 Å². The molecule has 1 saturated heterocycles. The van der Waals surface area contributed by atoms with Crippen LogP contribution in [0.25, 0.3) is 0 Å². The zero-order chi connectivity index (χ0) is 30.7. The van der Waals surface area contributed by atoms with Crippen LogP contribution in [0.1, 0.15) is 32.9 Å². The first-order valence-corrected chi connectivity index (χ1v) is 14.0. The smallest absolute Gasteiger partial charge is 0.416 e. The van der Waals surface area contributed by atoms with Gasteiger partial charge in [-0.3, -0.25) is 15.0 Å². The van der Waals surface area contributed by atoms with E-state index in [1.54, 1.807) is 37.3 Å². The number of hydrogen-bond acceptors (Lipinski definition) is 8. The van der Waals surface area contributed by atoms with E-state index >= 15 is 0 Å². The second kappa shape index (κ2) is 12.6. The number of aromatic nitrogens is 2. The van der Waals surface area contributed by atoms with E-state index in [1.807, 2.05) is 24.9 Å². The van der Waals surface area contributed by atoms with Gasteiger partial charge >= 0.3 is 12.2 Å². The number of benzene rings is 2.